The molecule has 0 aliphatic rings. The van der Waals surface area contributed by atoms with Crippen LogP contribution in [0, 0.1) is 0 Å². The zero-order chi connectivity index (χ0) is 13.5. The lowest BCUT2D eigenvalue weighted by Gasteiger charge is -2.06. The van der Waals surface area contributed by atoms with E-state index < -0.39 is 0 Å². The van der Waals surface area contributed by atoms with Gasteiger partial charge in [-0.2, -0.15) is 0 Å². The van der Waals surface area contributed by atoms with Gasteiger partial charge in [0, 0.05) is 12.6 Å². The topological polar surface area (TPSA) is 38.3 Å². The van der Waals surface area contributed by atoms with Crippen LogP contribution in [0.2, 0.25) is 0 Å². The molecule has 3 heteroatoms. The molecule has 0 fully saturated rings. The zero-order valence-corrected chi connectivity index (χ0v) is 10.9. The molecule has 0 bridgehead atoms. The number of carbonyl (C=O) groups excluding carboxylic acids is 1. The number of amides is 1. The molecule has 0 atom stereocenters. The van der Waals surface area contributed by atoms with E-state index in [-0.39, 0.29) is 5.91 Å². The molecule has 0 aromatic heterocycles. The van der Waals surface area contributed by atoms with Crippen LogP contribution < -0.4 is 5.32 Å². The van der Waals surface area contributed by atoms with Crippen molar-refractivity contribution in [1.82, 2.24) is 0 Å². The summed E-state index contributed by atoms with van der Waals surface area (Å²) in [6, 6.07) is 17.7. The van der Waals surface area contributed by atoms with Gasteiger partial charge in [-0.3, -0.25) is 4.79 Å². The maximum Gasteiger partial charge on any atom is 0.221 e. The average molecular weight is 255 g/mol. The highest BCUT2D eigenvalue weighted by Gasteiger charge is 1.97. The minimum atomic E-state index is -0.0620. The van der Waals surface area contributed by atoms with E-state index in [1.165, 1.54) is 6.92 Å². The molecule has 0 aliphatic heterocycles. The van der Waals surface area contributed by atoms with E-state index in [1.807, 2.05) is 54.6 Å². The highest BCUT2D eigenvalue weighted by atomic mass is 16.5. The molecular weight excluding hydrogens is 238 g/mol. The highest BCUT2D eigenvalue weighted by molar-refractivity contribution is 5.88. The first-order valence-electron chi connectivity index (χ1n) is 6.22. The van der Waals surface area contributed by atoms with Crippen LogP contribution in [-0.2, 0) is 22.7 Å². The van der Waals surface area contributed by atoms with Gasteiger partial charge in [-0.15, -0.1) is 0 Å². The van der Waals surface area contributed by atoms with E-state index >= 15 is 0 Å². The van der Waals surface area contributed by atoms with E-state index in [0.717, 1.165) is 16.8 Å². The molecule has 3 nitrogen and oxygen atoms in total. The Balaban J connectivity index is 1.81. The summed E-state index contributed by atoms with van der Waals surface area (Å²) in [6.45, 7) is 2.67. The number of hydrogen-bond donors (Lipinski definition) is 1. The van der Waals surface area contributed by atoms with Crippen molar-refractivity contribution in [3.05, 3.63) is 65.7 Å². The second-order valence-electron chi connectivity index (χ2n) is 4.36. The van der Waals surface area contributed by atoms with Crippen LogP contribution in [0.3, 0.4) is 0 Å². The van der Waals surface area contributed by atoms with Crippen LogP contribution in [-0.4, -0.2) is 5.91 Å². The third kappa shape index (κ3) is 4.56. The Labute approximate surface area is 113 Å². The molecule has 0 spiro atoms. The summed E-state index contributed by atoms with van der Waals surface area (Å²) in [5.41, 5.74) is 3.06. The van der Waals surface area contributed by atoms with Gasteiger partial charge in [0.25, 0.3) is 0 Å². The zero-order valence-electron chi connectivity index (χ0n) is 10.9. The van der Waals surface area contributed by atoms with Crippen molar-refractivity contribution in [2.75, 3.05) is 5.32 Å². The fraction of sp³-hybridized carbons (Fsp3) is 0.188. The molecule has 0 unspecified atom stereocenters. The molecule has 2 aromatic carbocycles. The van der Waals surface area contributed by atoms with Gasteiger partial charge in [-0.25, -0.2) is 0 Å². The van der Waals surface area contributed by atoms with E-state index in [9.17, 15) is 4.79 Å². The lowest BCUT2D eigenvalue weighted by molar-refractivity contribution is -0.114. The van der Waals surface area contributed by atoms with Crippen molar-refractivity contribution in [2.24, 2.45) is 0 Å². The largest absolute Gasteiger partial charge is 0.372 e. The van der Waals surface area contributed by atoms with Gasteiger partial charge in [0.2, 0.25) is 5.91 Å². The summed E-state index contributed by atoms with van der Waals surface area (Å²) < 4.78 is 5.64. The Kier molecular flexibility index (Phi) is 4.70. The summed E-state index contributed by atoms with van der Waals surface area (Å²) in [6.07, 6.45) is 0. The molecule has 2 rings (SSSR count). The van der Waals surface area contributed by atoms with Crippen LogP contribution >= 0.6 is 0 Å². The Morgan fingerprint density at radius 3 is 2.11 bits per heavy atom. The smallest absolute Gasteiger partial charge is 0.221 e. The number of benzene rings is 2. The minimum Gasteiger partial charge on any atom is -0.372 e. The van der Waals surface area contributed by atoms with Crippen LogP contribution in [0.4, 0.5) is 5.69 Å². The van der Waals surface area contributed by atoms with E-state index in [4.69, 9.17) is 4.74 Å². The Hall–Kier alpha value is -2.13. The fourth-order valence-electron chi connectivity index (χ4n) is 1.75. The molecule has 98 valence electrons. The van der Waals surface area contributed by atoms with Crippen LogP contribution in [0.5, 0.6) is 0 Å². The van der Waals surface area contributed by atoms with Crippen molar-refractivity contribution in [1.29, 1.82) is 0 Å². The summed E-state index contributed by atoms with van der Waals surface area (Å²) in [5.74, 6) is -0.0620. The normalized spacial score (nSPS) is 10.2. The molecule has 0 saturated carbocycles. The number of rotatable bonds is 5. The molecule has 0 radical (unpaired) electrons. The predicted octanol–water partition coefficient (Wildman–Crippen LogP) is 3.36. The quantitative estimate of drug-likeness (QED) is 0.889. The summed E-state index contributed by atoms with van der Waals surface area (Å²) in [5, 5.41) is 2.73. The molecule has 1 amide bonds. The first-order valence-corrected chi connectivity index (χ1v) is 6.22. The third-order valence-corrected chi connectivity index (χ3v) is 2.65. The number of ether oxygens (including phenoxy) is 1. The molecule has 0 heterocycles. The lowest BCUT2D eigenvalue weighted by Crippen LogP contribution is -2.05. The van der Waals surface area contributed by atoms with Crippen LogP contribution in [0.1, 0.15) is 18.1 Å². The van der Waals surface area contributed by atoms with Gasteiger partial charge in [-0.1, -0.05) is 42.5 Å². The highest BCUT2D eigenvalue weighted by Crippen LogP contribution is 2.11. The van der Waals surface area contributed by atoms with Crippen molar-refractivity contribution in [3.8, 4) is 0 Å². The molecule has 0 saturated heterocycles. The van der Waals surface area contributed by atoms with Gasteiger partial charge in [0.15, 0.2) is 0 Å². The molecular formula is C16H17NO2. The Morgan fingerprint density at radius 2 is 1.53 bits per heavy atom. The standard InChI is InChI=1S/C16H17NO2/c1-13(18)17-16-9-7-15(8-10-16)12-19-11-14-5-3-2-4-6-14/h2-10H,11-12H2,1H3,(H,17,18). The minimum absolute atomic E-state index is 0.0620. The maximum atomic E-state index is 10.9. The second kappa shape index (κ2) is 6.71. The summed E-state index contributed by atoms with van der Waals surface area (Å²) >= 11 is 0. The molecule has 1 N–H and O–H groups in total. The molecule has 0 aliphatic carbocycles. The van der Waals surface area contributed by atoms with Crippen LogP contribution in [0.25, 0.3) is 0 Å². The molecule has 19 heavy (non-hydrogen) atoms. The fourth-order valence-corrected chi connectivity index (χ4v) is 1.75. The van der Waals surface area contributed by atoms with Crippen molar-refractivity contribution in [2.45, 2.75) is 20.1 Å². The Bertz CT molecular complexity index is 520. The van der Waals surface area contributed by atoms with Gasteiger partial charge >= 0.3 is 0 Å². The van der Waals surface area contributed by atoms with Gasteiger partial charge in [0.1, 0.15) is 0 Å². The Morgan fingerprint density at radius 1 is 0.947 bits per heavy atom. The monoisotopic (exact) mass is 255 g/mol. The predicted molar refractivity (Wildman–Crippen MR) is 75.7 cm³/mol. The maximum absolute atomic E-state index is 10.9. The first kappa shape index (κ1) is 13.3. The number of carbonyl (C=O) groups is 1. The van der Waals surface area contributed by atoms with E-state index in [1.54, 1.807) is 0 Å². The van der Waals surface area contributed by atoms with E-state index in [0.29, 0.717) is 13.2 Å². The van der Waals surface area contributed by atoms with Gasteiger partial charge in [-0.05, 0) is 23.3 Å². The van der Waals surface area contributed by atoms with Gasteiger partial charge < -0.3 is 10.1 Å². The SMILES string of the molecule is CC(=O)Nc1ccc(COCc2ccccc2)cc1. The first-order chi connectivity index (χ1) is 9.24. The van der Waals surface area contributed by atoms with Crippen molar-refractivity contribution in [3.63, 3.8) is 0 Å². The number of nitrogens with one attached hydrogen (secondary N) is 1. The second-order valence-corrected chi connectivity index (χ2v) is 4.36. The van der Waals surface area contributed by atoms with Crippen molar-refractivity contribution >= 4 is 11.6 Å². The molecule has 2 aromatic rings. The summed E-state index contributed by atoms with van der Waals surface area (Å²) in [7, 11) is 0. The summed E-state index contributed by atoms with van der Waals surface area (Å²) in [4.78, 5) is 10.9. The number of hydrogen-bond acceptors (Lipinski definition) is 2. The van der Waals surface area contributed by atoms with Crippen LogP contribution in [0.15, 0.2) is 54.6 Å². The average Bonchev–Trinajstić information content (AvgIpc) is 2.41. The number of anilines is 1. The van der Waals surface area contributed by atoms with Gasteiger partial charge in [0.05, 0.1) is 13.2 Å². The lowest BCUT2D eigenvalue weighted by atomic mass is 10.2. The van der Waals surface area contributed by atoms with E-state index in [2.05, 4.69) is 5.32 Å². The third-order valence-electron chi connectivity index (χ3n) is 2.65. The van der Waals surface area contributed by atoms with Crippen molar-refractivity contribution < 1.29 is 9.53 Å².